The summed E-state index contributed by atoms with van der Waals surface area (Å²) in [7, 11) is 0. The molecule has 0 atom stereocenters. The van der Waals surface area contributed by atoms with E-state index in [1.54, 1.807) is 0 Å². The summed E-state index contributed by atoms with van der Waals surface area (Å²) in [6.07, 6.45) is 1.83. The Morgan fingerprint density at radius 2 is 1.89 bits per heavy atom. The van der Waals surface area contributed by atoms with Crippen LogP contribution in [0.4, 0.5) is 0 Å². The number of nitrogens with one attached hydrogen (secondary N) is 2. The molecule has 0 saturated heterocycles. The summed E-state index contributed by atoms with van der Waals surface area (Å²) in [5.41, 5.74) is 4.84. The van der Waals surface area contributed by atoms with E-state index in [0.717, 1.165) is 18.8 Å². The summed E-state index contributed by atoms with van der Waals surface area (Å²) in [4.78, 5) is 7.73. The van der Waals surface area contributed by atoms with Gasteiger partial charge in [0, 0.05) is 35.9 Å². The van der Waals surface area contributed by atoms with Crippen molar-refractivity contribution in [3.05, 3.63) is 65.6 Å². The molecule has 0 bridgehead atoms. The highest BCUT2D eigenvalue weighted by Crippen LogP contribution is 2.21. The van der Waals surface area contributed by atoms with Crippen molar-refractivity contribution >= 4 is 10.9 Å². The average molecular weight is 251 g/mol. The molecule has 3 nitrogen and oxygen atoms in total. The van der Waals surface area contributed by atoms with Gasteiger partial charge in [-0.1, -0.05) is 24.3 Å². The SMILES string of the molecule is Cc1[nH]c2ccccc2c1CNCc1ccccn1. The van der Waals surface area contributed by atoms with Crippen LogP contribution in [0.3, 0.4) is 0 Å². The van der Waals surface area contributed by atoms with Crippen molar-refractivity contribution < 1.29 is 0 Å². The zero-order valence-corrected chi connectivity index (χ0v) is 11.0. The number of H-pyrrole nitrogens is 1. The molecular formula is C16H17N3. The van der Waals surface area contributed by atoms with Crippen LogP contribution in [0.25, 0.3) is 10.9 Å². The molecule has 3 heteroatoms. The van der Waals surface area contributed by atoms with Crippen LogP contribution in [0.2, 0.25) is 0 Å². The normalized spacial score (nSPS) is 11.0. The first kappa shape index (κ1) is 11.9. The monoisotopic (exact) mass is 251 g/mol. The molecule has 0 amide bonds. The molecule has 2 N–H and O–H groups in total. The van der Waals surface area contributed by atoms with Crippen molar-refractivity contribution in [3.8, 4) is 0 Å². The van der Waals surface area contributed by atoms with Crippen molar-refractivity contribution in [2.45, 2.75) is 20.0 Å². The summed E-state index contributed by atoms with van der Waals surface area (Å²) in [5.74, 6) is 0. The van der Waals surface area contributed by atoms with Crippen LogP contribution < -0.4 is 5.32 Å². The van der Waals surface area contributed by atoms with E-state index in [9.17, 15) is 0 Å². The van der Waals surface area contributed by atoms with Crippen LogP contribution in [-0.2, 0) is 13.1 Å². The molecule has 3 aromatic rings. The molecule has 0 aliphatic carbocycles. The first-order chi connectivity index (χ1) is 9.34. The third-order valence-electron chi connectivity index (χ3n) is 3.36. The van der Waals surface area contributed by atoms with E-state index in [2.05, 4.69) is 46.5 Å². The molecule has 0 unspecified atom stereocenters. The molecule has 0 aliphatic rings. The van der Waals surface area contributed by atoms with Crippen LogP contribution in [0, 0.1) is 6.92 Å². The summed E-state index contributed by atoms with van der Waals surface area (Å²) in [6.45, 7) is 3.77. The lowest BCUT2D eigenvalue weighted by molar-refractivity contribution is 0.680. The van der Waals surface area contributed by atoms with Gasteiger partial charge in [-0.05, 0) is 30.7 Å². The Morgan fingerprint density at radius 1 is 1.05 bits per heavy atom. The number of fused-ring (bicyclic) bond motifs is 1. The molecular weight excluding hydrogens is 234 g/mol. The van der Waals surface area contributed by atoms with Gasteiger partial charge in [0.05, 0.1) is 5.69 Å². The highest BCUT2D eigenvalue weighted by atomic mass is 14.9. The van der Waals surface area contributed by atoms with Crippen molar-refractivity contribution in [2.24, 2.45) is 0 Å². The van der Waals surface area contributed by atoms with Crippen molar-refractivity contribution in [3.63, 3.8) is 0 Å². The number of hydrogen-bond acceptors (Lipinski definition) is 2. The lowest BCUT2D eigenvalue weighted by atomic mass is 10.1. The van der Waals surface area contributed by atoms with Gasteiger partial charge in [-0.3, -0.25) is 4.98 Å². The number of para-hydroxylation sites is 1. The van der Waals surface area contributed by atoms with E-state index in [1.165, 1.54) is 22.2 Å². The minimum atomic E-state index is 0.791. The van der Waals surface area contributed by atoms with Gasteiger partial charge < -0.3 is 10.3 Å². The number of aromatic nitrogens is 2. The summed E-state index contributed by atoms with van der Waals surface area (Å²) >= 11 is 0. The van der Waals surface area contributed by atoms with E-state index < -0.39 is 0 Å². The molecule has 0 spiro atoms. The molecule has 0 fully saturated rings. The zero-order valence-electron chi connectivity index (χ0n) is 11.0. The Hall–Kier alpha value is -2.13. The second-order valence-electron chi connectivity index (χ2n) is 4.70. The molecule has 1 aromatic carbocycles. The fourth-order valence-electron chi connectivity index (χ4n) is 2.38. The number of hydrogen-bond donors (Lipinski definition) is 2. The van der Waals surface area contributed by atoms with Crippen LogP contribution in [0.15, 0.2) is 48.7 Å². The van der Waals surface area contributed by atoms with Gasteiger partial charge >= 0.3 is 0 Å². The third kappa shape index (κ3) is 2.51. The van der Waals surface area contributed by atoms with Gasteiger partial charge in [0.25, 0.3) is 0 Å². The molecule has 2 heterocycles. The summed E-state index contributed by atoms with van der Waals surface area (Å²) in [6, 6.07) is 14.4. The zero-order chi connectivity index (χ0) is 13.1. The molecule has 96 valence electrons. The van der Waals surface area contributed by atoms with Gasteiger partial charge in [0.15, 0.2) is 0 Å². The number of aromatic amines is 1. The quantitative estimate of drug-likeness (QED) is 0.747. The van der Waals surface area contributed by atoms with Gasteiger partial charge in [0.2, 0.25) is 0 Å². The molecule has 0 saturated carbocycles. The van der Waals surface area contributed by atoms with E-state index in [0.29, 0.717) is 0 Å². The second kappa shape index (κ2) is 5.24. The maximum absolute atomic E-state index is 4.31. The van der Waals surface area contributed by atoms with E-state index in [1.807, 2.05) is 24.4 Å². The lowest BCUT2D eigenvalue weighted by Crippen LogP contribution is -2.13. The van der Waals surface area contributed by atoms with Gasteiger partial charge in [-0.2, -0.15) is 0 Å². The van der Waals surface area contributed by atoms with Gasteiger partial charge in [0.1, 0.15) is 0 Å². The first-order valence-electron chi connectivity index (χ1n) is 6.51. The fourth-order valence-corrected chi connectivity index (χ4v) is 2.38. The van der Waals surface area contributed by atoms with Gasteiger partial charge in [-0.25, -0.2) is 0 Å². The largest absolute Gasteiger partial charge is 0.358 e. The number of nitrogens with zero attached hydrogens (tertiary/aromatic N) is 1. The van der Waals surface area contributed by atoms with Crippen molar-refractivity contribution in [1.82, 2.24) is 15.3 Å². The minimum Gasteiger partial charge on any atom is -0.358 e. The molecule has 19 heavy (non-hydrogen) atoms. The highest BCUT2D eigenvalue weighted by Gasteiger charge is 2.06. The fraction of sp³-hybridized carbons (Fsp3) is 0.188. The third-order valence-corrected chi connectivity index (χ3v) is 3.36. The van der Waals surface area contributed by atoms with Gasteiger partial charge in [-0.15, -0.1) is 0 Å². The molecule has 0 radical (unpaired) electrons. The number of rotatable bonds is 4. The smallest absolute Gasteiger partial charge is 0.0541 e. The average Bonchev–Trinajstić information content (AvgIpc) is 2.76. The first-order valence-corrected chi connectivity index (χ1v) is 6.51. The predicted molar refractivity (Wildman–Crippen MR) is 77.8 cm³/mol. The second-order valence-corrected chi connectivity index (χ2v) is 4.70. The number of pyridine rings is 1. The Balaban J connectivity index is 1.73. The Kier molecular flexibility index (Phi) is 3.29. The number of aryl methyl sites for hydroxylation is 1. The standard InChI is InChI=1S/C16H17N3/c1-12-15(14-7-2-3-8-16(14)19-12)11-17-10-13-6-4-5-9-18-13/h2-9,17,19H,10-11H2,1H3. The molecule has 2 aromatic heterocycles. The van der Waals surface area contributed by atoms with Crippen molar-refractivity contribution in [2.75, 3.05) is 0 Å². The topological polar surface area (TPSA) is 40.7 Å². The highest BCUT2D eigenvalue weighted by molar-refractivity contribution is 5.84. The van der Waals surface area contributed by atoms with Crippen LogP contribution >= 0.6 is 0 Å². The summed E-state index contributed by atoms with van der Waals surface area (Å²) in [5, 5.41) is 4.75. The Bertz CT molecular complexity index is 671. The van der Waals surface area contributed by atoms with Crippen LogP contribution in [0.1, 0.15) is 17.0 Å². The minimum absolute atomic E-state index is 0.791. The summed E-state index contributed by atoms with van der Waals surface area (Å²) < 4.78 is 0. The number of benzene rings is 1. The van der Waals surface area contributed by atoms with Crippen molar-refractivity contribution in [1.29, 1.82) is 0 Å². The van der Waals surface area contributed by atoms with Crippen LogP contribution in [-0.4, -0.2) is 9.97 Å². The molecule has 3 rings (SSSR count). The molecule has 0 aliphatic heterocycles. The Morgan fingerprint density at radius 3 is 2.74 bits per heavy atom. The Labute approximate surface area is 112 Å². The van der Waals surface area contributed by atoms with E-state index in [-0.39, 0.29) is 0 Å². The van der Waals surface area contributed by atoms with Crippen LogP contribution in [0.5, 0.6) is 0 Å². The lowest BCUT2D eigenvalue weighted by Gasteiger charge is -2.04. The maximum Gasteiger partial charge on any atom is 0.0541 e. The maximum atomic E-state index is 4.31. The predicted octanol–water partition coefficient (Wildman–Crippen LogP) is 3.16. The van der Waals surface area contributed by atoms with E-state index in [4.69, 9.17) is 0 Å². The van der Waals surface area contributed by atoms with E-state index >= 15 is 0 Å².